The molecule has 0 aliphatic carbocycles. The van der Waals surface area contributed by atoms with Gasteiger partial charge in [0.1, 0.15) is 23.3 Å². The summed E-state index contributed by atoms with van der Waals surface area (Å²) in [5.74, 6) is -0.429. The molecule has 1 amide bonds. The van der Waals surface area contributed by atoms with Gasteiger partial charge in [-0.3, -0.25) is 14.9 Å². The zero-order valence-electron chi connectivity index (χ0n) is 14.5. The second kappa shape index (κ2) is 6.08. The van der Waals surface area contributed by atoms with Gasteiger partial charge in [-0.05, 0) is 31.2 Å². The minimum atomic E-state index is -0.532. The van der Waals surface area contributed by atoms with Crippen LogP contribution in [-0.4, -0.2) is 24.0 Å². The molecule has 3 aromatic rings. The average molecular weight is 370 g/mol. The fraction of sp³-hybridized carbons (Fsp3) is 0.211. The molecule has 0 saturated carbocycles. The van der Waals surface area contributed by atoms with Crippen LogP contribution in [0.3, 0.4) is 0 Å². The molecule has 1 unspecified atom stereocenters. The lowest BCUT2D eigenvalue weighted by Gasteiger charge is -2.05. The van der Waals surface area contributed by atoms with E-state index in [-0.39, 0.29) is 34.4 Å². The molecule has 0 saturated heterocycles. The van der Waals surface area contributed by atoms with Crippen molar-refractivity contribution in [2.24, 2.45) is 0 Å². The number of rotatable bonds is 3. The Labute approximate surface area is 152 Å². The molecule has 1 N–H and O–H groups in total. The molecular formula is C19H15FN2O5. The zero-order valence-corrected chi connectivity index (χ0v) is 14.5. The van der Waals surface area contributed by atoms with Gasteiger partial charge in [-0.2, -0.15) is 0 Å². The minimum absolute atomic E-state index is 0.164. The summed E-state index contributed by atoms with van der Waals surface area (Å²) in [5.41, 5.74) is 1.33. The summed E-state index contributed by atoms with van der Waals surface area (Å²) in [6.45, 7) is 1.80. The Balaban J connectivity index is 2.09. The first-order valence-corrected chi connectivity index (χ1v) is 8.32. The quantitative estimate of drug-likeness (QED) is 0.558. The highest BCUT2D eigenvalue weighted by molar-refractivity contribution is 6.13. The number of halogens is 1. The SMILES string of the molecule is CNC(=O)c1c(-c2ccc(F)cc2)oc2cc([N+](=O)[O-])c3c(c12)CC(C)O3. The normalized spacial score (nSPS) is 15.4. The van der Waals surface area contributed by atoms with Crippen LogP contribution in [0.25, 0.3) is 22.3 Å². The number of fused-ring (bicyclic) bond motifs is 3. The van der Waals surface area contributed by atoms with Gasteiger partial charge < -0.3 is 14.5 Å². The molecule has 27 heavy (non-hydrogen) atoms. The summed E-state index contributed by atoms with van der Waals surface area (Å²) in [6.07, 6.45) is 0.158. The molecule has 2 heterocycles. The number of furan rings is 1. The fourth-order valence-corrected chi connectivity index (χ4v) is 3.45. The molecule has 1 aliphatic heterocycles. The molecule has 4 rings (SSSR count). The van der Waals surface area contributed by atoms with Crippen LogP contribution in [-0.2, 0) is 6.42 Å². The lowest BCUT2D eigenvalue weighted by molar-refractivity contribution is -0.385. The Kier molecular flexibility index (Phi) is 3.83. The number of nitro benzene ring substituents is 1. The van der Waals surface area contributed by atoms with E-state index in [9.17, 15) is 19.3 Å². The Morgan fingerprint density at radius 2 is 2.04 bits per heavy atom. The van der Waals surface area contributed by atoms with Gasteiger partial charge in [0.05, 0.1) is 16.6 Å². The fourth-order valence-electron chi connectivity index (χ4n) is 3.45. The summed E-state index contributed by atoms with van der Waals surface area (Å²) < 4.78 is 24.8. The monoisotopic (exact) mass is 370 g/mol. The second-order valence-corrected chi connectivity index (χ2v) is 6.36. The van der Waals surface area contributed by atoms with Crippen LogP contribution in [0.1, 0.15) is 22.8 Å². The first-order chi connectivity index (χ1) is 12.9. The molecule has 1 atom stereocenters. The van der Waals surface area contributed by atoms with Crippen LogP contribution in [0.2, 0.25) is 0 Å². The third kappa shape index (κ3) is 2.61. The molecular weight excluding hydrogens is 355 g/mol. The van der Waals surface area contributed by atoms with Gasteiger partial charge in [0.2, 0.25) is 5.75 Å². The molecule has 7 nitrogen and oxygen atoms in total. The highest BCUT2D eigenvalue weighted by atomic mass is 19.1. The molecule has 1 aromatic heterocycles. The number of benzene rings is 2. The topological polar surface area (TPSA) is 94.6 Å². The summed E-state index contributed by atoms with van der Waals surface area (Å²) in [4.78, 5) is 23.6. The van der Waals surface area contributed by atoms with Crippen LogP contribution < -0.4 is 10.1 Å². The van der Waals surface area contributed by atoms with E-state index >= 15 is 0 Å². The van der Waals surface area contributed by atoms with Crippen LogP contribution in [0.4, 0.5) is 10.1 Å². The van der Waals surface area contributed by atoms with Crippen molar-refractivity contribution in [2.75, 3.05) is 7.05 Å². The number of carbonyl (C=O) groups excluding carboxylic acids is 1. The van der Waals surface area contributed by atoms with E-state index in [4.69, 9.17) is 9.15 Å². The predicted molar refractivity (Wildman–Crippen MR) is 95.4 cm³/mol. The maximum atomic E-state index is 13.3. The number of nitro groups is 1. The van der Waals surface area contributed by atoms with E-state index in [0.29, 0.717) is 22.9 Å². The first-order valence-electron chi connectivity index (χ1n) is 8.32. The van der Waals surface area contributed by atoms with E-state index in [1.165, 1.54) is 37.4 Å². The first kappa shape index (κ1) is 17.0. The Hall–Kier alpha value is -3.42. The predicted octanol–water partition coefficient (Wildman–Crippen LogP) is 3.83. The van der Waals surface area contributed by atoms with Crippen LogP contribution in [0.15, 0.2) is 34.7 Å². The van der Waals surface area contributed by atoms with Gasteiger partial charge in [0.25, 0.3) is 5.91 Å². The summed E-state index contributed by atoms with van der Waals surface area (Å²) >= 11 is 0. The van der Waals surface area contributed by atoms with E-state index in [2.05, 4.69) is 5.32 Å². The van der Waals surface area contributed by atoms with E-state index in [0.717, 1.165) is 0 Å². The van der Waals surface area contributed by atoms with Crippen LogP contribution in [0.5, 0.6) is 5.75 Å². The van der Waals surface area contributed by atoms with Crippen LogP contribution >= 0.6 is 0 Å². The van der Waals surface area contributed by atoms with E-state index in [1.54, 1.807) is 6.92 Å². The lowest BCUT2D eigenvalue weighted by atomic mass is 9.98. The van der Waals surface area contributed by atoms with Crippen molar-refractivity contribution in [3.63, 3.8) is 0 Å². The molecule has 1 aliphatic rings. The van der Waals surface area contributed by atoms with Gasteiger partial charge in [-0.15, -0.1) is 0 Å². The van der Waals surface area contributed by atoms with Gasteiger partial charge in [-0.1, -0.05) is 0 Å². The Morgan fingerprint density at radius 3 is 2.67 bits per heavy atom. The van der Waals surface area contributed by atoms with Crippen LogP contribution in [0, 0.1) is 15.9 Å². The standard InChI is InChI=1S/C19H15FN2O5/c1-9-7-12-15-14(8-13(22(24)25)18(12)26-9)27-17(16(15)19(23)21-2)10-3-5-11(20)6-4-10/h3-6,8-9H,7H2,1-2H3,(H,21,23). The van der Waals surface area contributed by atoms with Crippen molar-refractivity contribution in [1.82, 2.24) is 5.32 Å². The Morgan fingerprint density at radius 1 is 1.33 bits per heavy atom. The number of nitrogens with zero attached hydrogens (tertiary/aromatic N) is 1. The summed E-state index contributed by atoms with van der Waals surface area (Å²) in [7, 11) is 1.49. The van der Waals surface area contributed by atoms with Gasteiger partial charge in [0.15, 0.2) is 0 Å². The van der Waals surface area contributed by atoms with Crippen molar-refractivity contribution in [1.29, 1.82) is 0 Å². The van der Waals surface area contributed by atoms with Crippen molar-refractivity contribution in [2.45, 2.75) is 19.4 Å². The third-order valence-corrected chi connectivity index (χ3v) is 4.58. The second-order valence-electron chi connectivity index (χ2n) is 6.36. The molecule has 0 spiro atoms. The average Bonchev–Trinajstić information content (AvgIpc) is 3.20. The van der Waals surface area contributed by atoms with Gasteiger partial charge in [-0.25, -0.2) is 4.39 Å². The smallest absolute Gasteiger partial charge is 0.314 e. The third-order valence-electron chi connectivity index (χ3n) is 4.58. The molecule has 0 radical (unpaired) electrons. The number of ether oxygens (including phenoxy) is 1. The van der Waals surface area contributed by atoms with Gasteiger partial charge in [0, 0.05) is 30.0 Å². The van der Waals surface area contributed by atoms with E-state index in [1.807, 2.05) is 0 Å². The van der Waals surface area contributed by atoms with Gasteiger partial charge >= 0.3 is 5.69 Å². The maximum Gasteiger partial charge on any atom is 0.314 e. The van der Waals surface area contributed by atoms with Crippen molar-refractivity contribution in [3.8, 4) is 17.1 Å². The number of nitrogens with one attached hydrogen (secondary N) is 1. The number of carbonyl (C=O) groups is 1. The Bertz CT molecular complexity index is 1090. The van der Waals surface area contributed by atoms with Crippen molar-refractivity contribution >= 4 is 22.6 Å². The highest BCUT2D eigenvalue weighted by Crippen LogP contribution is 2.46. The summed E-state index contributed by atoms with van der Waals surface area (Å²) in [5, 5.41) is 14.5. The molecule has 8 heteroatoms. The number of hydrogen-bond donors (Lipinski definition) is 1. The molecule has 138 valence electrons. The number of hydrogen-bond acceptors (Lipinski definition) is 5. The van der Waals surface area contributed by atoms with E-state index < -0.39 is 16.6 Å². The highest BCUT2D eigenvalue weighted by Gasteiger charge is 2.35. The molecule has 0 fully saturated rings. The lowest BCUT2D eigenvalue weighted by Crippen LogP contribution is -2.18. The van der Waals surface area contributed by atoms with Crippen molar-refractivity contribution in [3.05, 3.63) is 57.4 Å². The number of amides is 1. The van der Waals surface area contributed by atoms with Crippen molar-refractivity contribution < 1.29 is 23.3 Å². The summed E-state index contributed by atoms with van der Waals surface area (Å²) in [6, 6.07) is 6.77. The largest absolute Gasteiger partial charge is 0.483 e. The molecule has 0 bridgehead atoms. The zero-order chi connectivity index (χ0) is 19.3. The minimum Gasteiger partial charge on any atom is -0.483 e. The molecule has 2 aromatic carbocycles. The maximum absolute atomic E-state index is 13.3.